The van der Waals surface area contributed by atoms with E-state index < -0.39 is 0 Å². The lowest BCUT2D eigenvalue weighted by molar-refractivity contribution is 0.522. The first-order chi connectivity index (χ1) is 6.02. The van der Waals surface area contributed by atoms with Crippen LogP contribution in [0.2, 0.25) is 0 Å². The second-order valence-electron chi connectivity index (χ2n) is 3.81. The van der Waals surface area contributed by atoms with Crippen LogP contribution in [-0.4, -0.2) is 9.97 Å². The molecule has 1 aromatic heterocycles. The van der Waals surface area contributed by atoms with E-state index in [0.29, 0.717) is 17.7 Å². The van der Waals surface area contributed by atoms with E-state index in [1.165, 1.54) is 0 Å². The molecule has 0 aromatic carbocycles. The predicted molar refractivity (Wildman–Crippen MR) is 54.4 cm³/mol. The Morgan fingerprint density at radius 3 is 2.46 bits per heavy atom. The molecule has 0 saturated carbocycles. The summed E-state index contributed by atoms with van der Waals surface area (Å²) >= 11 is 0. The largest absolute Gasteiger partial charge is 0.382 e. The van der Waals surface area contributed by atoms with Crippen LogP contribution in [0.5, 0.6) is 0 Å². The Morgan fingerprint density at radius 2 is 1.92 bits per heavy atom. The maximum Gasteiger partial charge on any atom is 0.145 e. The molecule has 1 rings (SSSR count). The van der Waals surface area contributed by atoms with Gasteiger partial charge in [-0.05, 0) is 12.8 Å². The summed E-state index contributed by atoms with van der Waals surface area (Å²) in [6, 6.07) is 0. The SMILES string of the molecule is Cc1cnc(N)c([C@@H](C)C(C)C)n1. The summed E-state index contributed by atoms with van der Waals surface area (Å²) in [7, 11) is 0. The lowest BCUT2D eigenvalue weighted by Crippen LogP contribution is -2.10. The molecule has 1 aromatic rings. The smallest absolute Gasteiger partial charge is 0.145 e. The number of aryl methyl sites for hydroxylation is 1. The maximum absolute atomic E-state index is 5.75. The van der Waals surface area contributed by atoms with Crippen LogP contribution in [0.4, 0.5) is 5.82 Å². The number of nitrogen functional groups attached to an aromatic ring is 1. The van der Waals surface area contributed by atoms with E-state index in [1.807, 2.05) is 6.92 Å². The number of hydrogen-bond acceptors (Lipinski definition) is 3. The molecule has 0 fully saturated rings. The summed E-state index contributed by atoms with van der Waals surface area (Å²) in [5, 5.41) is 0. The third-order valence-corrected chi connectivity index (χ3v) is 2.38. The van der Waals surface area contributed by atoms with Gasteiger partial charge in [-0.2, -0.15) is 0 Å². The molecule has 0 radical (unpaired) electrons. The first-order valence-corrected chi connectivity index (χ1v) is 4.61. The molecule has 3 nitrogen and oxygen atoms in total. The van der Waals surface area contributed by atoms with Gasteiger partial charge in [-0.15, -0.1) is 0 Å². The highest BCUT2D eigenvalue weighted by Crippen LogP contribution is 2.25. The highest BCUT2D eigenvalue weighted by molar-refractivity contribution is 5.36. The van der Waals surface area contributed by atoms with Crippen LogP contribution >= 0.6 is 0 Å². The fourth-order valence-corrected chi connectivity index (χ4v) is 1.16. The molecule has 1 atom stereocenters. The summed E-state index contributed by atoms with van der Waals surface area (Å²) in [4.78, 5) is 8.50. The monoisotopic (exact) mass is 179 g/mol. The van der Waals surface area contributed by atoms with E-state index in [9.17, 15) is 0 Å². The van der Waals surface area contributed by atoms with Crippen LogP contribution in [0.25, 0.3) is 0 Å². The molecular formula is C10H17N3. The zero-order chi connectivity index (χ0) is 10.0. The first-order valence-electron chi connectivity index (χ1n) is 4.61. The van der Waals surface area contributed by atoms with Crippen LogP contribution in [0.15, 0.2) is 6.20 Å². The standard InChI is InChI=1S/C10H17N3/c1-6(2)8(4)9-10(11)12-5-7(3)13-9/h5-6,8H,1-4H3,(H2,11,12)/t8-/m0/s1. The van der Waals surface area contributed by atoms with Crippen molar-refractivity contribution >= 4 is 5.82 Å². The van der Waals surface area contributed by atoms with Crippen LogP contribution in [0.3, 0.4) is 0 Å². The lowest BCUT2D eigenvalue weighted by atomic mass is 9.94. The van der Waals surface area contributed by atoms with Gasteiger partial charge in [0.05, 0.1) is 17.6 Å². The minimum absolute atomic E-state index is 0.368. The molecule has 0 amide bonds. The van der Waals surface area contributed by atoms with Crippen molar-refractivity contribution < 1.29 is 0 Å². The highest BCUT2D eigenvalue weighted by Gasteiger charge is 2.15. The van der Waals surface area contributed by atoms with E-state index in [-0.39, 0.29) is 0 Å². The van der Waals surface area contributed by atoms with Crippen molar-refractivity contribution in [2.24, 2.45) is 5.92 Å². The van der Waals surface area contributed by atoms with Gasteiger partial charge in [0, 0.05) is 5.92 Å². The number of aromatic nitrogens is 2. The van der Waals surface area contributed by atoms with Crippen molar-refractivity contribution in [2.75, 3.05) is 5.73 Å². The topological polar surface area (TPSA) is 51.8 Å². The third kappa shape index (κ3) is 2.17. The highest BCUT2D eigenvalue weighted by atomic mass is 14.9. The quantitative estimate of drug-likeness (QED) is 0.756. The third-order valence-electron chi connectivity index (χ3n) is 2.38. The van der Waals surface area contributed by atoms with Crippen molar-refractivity contribution in [2.45, 2.75) is 33.6 Å². The minimum atomic E-state index is 0.368. The van der Waals surface area contributed by atoms with Crippen LogP contribution in [0.1, 0.15) is 38.1 Å². The van der Waals surface area contributed by atoms with E-state index in [0.717, 1.165) is 11.4 Å². The van der Waals surface area contributed by atoms with Gasteiger partial charge in [-0.1, -0.05) is 20.8 Å². The Morgan fingerprint density at radius 1 is 1.31 bits per heavy atom. The molecule has 13 heavy (non-hydrogen) atoms. The average Bonchev–Trinajstić information content (AvgIpc) is 2.08. The summed E-state index contributed by atoms with van der Waals surface area (Å²) in [5.74, 6) is 1.47. The fourth-order valence-electron chi connectivity index (χ4n) is 1.16. The Kier molecular flexibility index (Phi) is 2.86. The molecular weight excluding hydrogens is 162 g/mol. The van der Waals surface area contributed by atoms with Crippen molar-refractivity contribution in [3.8, 4) is 0 Å². The molecule has 3 heteroatoms. The van der Waals surface area contributed by atoms with Gasteiger partial charge < -0.3 is 5.73 Å². The van der Waals surface area contributed by atoms with Gasteiger partial charge in [0.2, 0.25) is 0 Å². The van der Waals surface area contributed by atoms with E-state index in [2.05, 4.69) is 30.7 Å². The van der Waals surface area contributed by atoms with Crippen molar-refractivity contribution in [1.82, 2.24) is 9.97 Å². The average molecular weight is 179 g/mol. The van der Waals surface area contributed by atoms with E-state index >= 15 is 0 Å². The Labute approximate surface area is 79.4 Å². The molecule has 1 heterocycles. The first kappa shape index (κ1) is 9.96. The van der Waals surface area contributed by atoms with Crippen LogP contribution < -0.4 is 5.73 Å². The van der Waals surface area contributed by atoms with Gasteiger partial charge in [-0.3, -0.25) is 4.98 Å². The number of rotatable bonds is 2. The normalized spacial score (nSPS) is 13.3. The lowest BCUT2D eigenvalue weighted by Gasteiger charge is -2.16. The zero-order valence-electron chi connectivity index (χ0n) is 8.70. The molecule has 0 aliphatic heterocycles. The number of nitrogens with zero attached hydrogens (tertiary/aromatic N) is 2. The summed E-state index contributed by atoms with van der Waals surface area (Å²) in [6.07, 6.45) is 1.70. The zero-order valence-corrected chi connectivity index (χ0v) is 8.70. The number of hydrogen-bond donors (Lipinski definition) is 1. The van der Waals surface area contributed by atoms with Crippen LogP contribution in [0, 0.1) is 12.8 Å². The summed E-state index contributed by atoms with van der Waals surface area (Å²) < 4.78 is 0. The van der Waals surface area contributed by atoms with E-state index in [1.54, 1.807) is 6.20 Å². The van der Waals surface area contributed by atoms with Gasteiger partial charge >= 0.3 is 0 Å². The molecule has 72 valence electrons. The minimum Gasteiger partial charge on any atom is -0.382 e. The summed E-state index contributed by atoms with van der Waals surface area (Å²) in [5.41, 5.74) is 7.61. The molecule has 0 aliphatic carbocycles. The second kappa shape index (κ2) is 3.73. The van der Waals surface area contributed by atoms with Gasteiger partial charge in [0.25, 0.3) is 0 Å². The molecule has 0 saturated heterocycles. The second-order valence-corrected chi connectivity index (χ2v) is 3.81. The Bertz CT molecular complexity index is 294. The van der Waals surface area contributed by atoms with Gasteiger partial charge in [-0.25, -0.2) is 4.98 Å². The maximum atomic E-state index is 5.75. The van der Waals surface area contributed by atoms with Crippen molar-refractivity contribution in [1.29, 1.82) is 0 Å². The molecule has 0 aliphatic rings. The molecule has 0 unspecified atom stereocenters. The van der Waals surface area contributed by atoms with Gasteiger partial charge in [0.1, 0.15) is 5.82 Å². The van der Waals surface area contributed by atoms with Gasteiger partial charge in [0.15, 0.2) is 0 Å². The summed E-state index contributed by atoms with van der Waals surface area (Å²) in [6.45, 7) is 8.38. The Hall–Kier alpha value is -1.12. The fraction of sp³-hybridized carbons (Fsp3) is 0.600. The molecule has 0 spiro atoms. The van der Waals surface area contributed by atoms with Crippen LogP contribution in [-0.2, 0) is 0 Å². The van der Waals surface area contributed by atoms with E-state index in [4.69, 9.17) is 5.73 Å². The Balaban J connectivity index is 3.05. The van der Waals surface area contributed by atoms with Crippen molar-refractivity contribution in [3.63, 3.8) is 0 Å². The number of nitrogens with two attached hydrogens (primary N) is 1. The van der Waals surface area contributed by atoms with Crippen molar-refractivity contribution in [3.05, 3.63) is 17.6 Å². The number of anilines is 1. The molecule has 2 N–H and O–H groups in total. The molecule has 0 bridgehead atoms. The predicted octanol–water partition coefficient (Wildman–Crippen LogP) is 2.13.